The fourth-order valence-corrected chi connectivity index (χ4v) is 1.44. The highest BCUT2D eigenvalue weighted by Crippen LogP contribution is 2.31. The molecule has 5 nitrogen and oxygen atoms in total. The number of nitrogens with two attached hydrogens (primary N) is 1. The first-order valence-corrected chi connectivity index (χ1v) is 4.47. The minimum atomic E-state index is -0.108. The van der Waals surface area contributed by atoms with Gasteiger partial charge in [-0.25, -0.2) is 0 Å². The lowest BCUT2D eigenvalue weighted by Gasteiger charge is -2.26. The van der Waals surface area contributed by atoms with Crippen LogP contribution in [0.1, 0.15) is 5.56 Å². The average Bonchev–Trinajstić information content (AvgIpc) is 2.23. The maximum Gasteiger partial charge on any atom is 0.264 e. The fraction of sp³-hybridized carbons (Fsp3) is 0.200. The molecule has 1 aliphatic rings. The molecule has 0 saturated heterocycles. The van der Waals surface area contributed by atoms with Gasteiger partial charge in [-0.3, -0.25) is 10.2 Å². The molecule has 0 radical (unpaired) electrons. The van der Waals surface area contributed by atoms with Crippen LogP contribution in [0.5, 0.6) is 5.75 Å². The van der Waals surface area contributed by atoms with Crippen molar-refractivity contribution >= 4 is 17.4 Å². The molecule has 0 aromatic heterocycles. The molecule has 1 aliphatic heterocycles. The van der Waals surface area contributed by atoms with E-state index in [1.807, 2.05) is 0 Å². The number of hydrogen-bond donors (Lipinski definition) is 2. The zero-order valence-corrected chi connectivity index (χ0v) is 8.28. The van der Waals surface area contributed by atoms with Gasteiger partial charge >= 0.3 is 0 Å². The Morgan fingerprint density at radius 1 is 1.60 bits per heavy atom. The highest BCUT2D eigenvalue weighted by molar-refractivity contribution is 6.01. The Morgan fingerprint density at radius 2 is 2.33 bits per heavy atom. The largest absolute Gasteiger partial charge is 0.482 e. The smallest absolute Gasteiger partial charge is 0.264 e. The van der Waals surface area contributed by atoms with Gasteiger partial charge in [-0.2, -0.15) is 0 Å². The quantitative estimate of drug-likeness (QED) is 0.512. The van der Waals surface area contributed by atoms with Gasteiger partial charge in [0.1, 0.15) is 11.6 Å². The van der Waals surface area contributed by atoms with Crippen LogP contribution < -0.4 is 15.4 Å². The van der Waals surface area contributed by atoms with E-state index in [4.69, 9.17) is 15.9 Å². The molecular formula is C10H11N3O2. The lowest BCUT2D eigenvalue weighted by atomic mass is 10.1. The third-order valence-corrected chi connectivity index (χ3v) is 2.36. The van der Waals surface area contributed by atoms with Crippen molar-refractivity contribution in [3.05, 3.63) is 23.8 Å². The van der Waals surface area contributed by atoms with E-state index in [1.54, 1.807) is 25.2 Å². The first-order chi connectivity index (χ1) is 7.09. The number of nitrogens with one attached hydrogen (secondary N) is 1. The fourth-order valence-electron chi connectivity index (χ4n) is 1.44. The van der Waals surface area contributed by atoms with Gasteiger partial charge in [-0.15, -0.1) is 0 Å². The minimum absolute atomic E-state index is 0.0239. The second-order valence-electron chi connectivity index (χ2n) is 3.34. The molecule has 2 rings (SSSR count). The summed E-state index contributed by atoms with van der Waals surface area (Å²) in [7, 11) is 1.67. The molecule has 0 spiro atoms. The van der Waals surface area contributed by atoms with Crippen LogP contribution in [-0.2, 0) is 4.79 Å². The highest BCUT2D eigenvalue weighted by atomic mass is 16.5. The van der Waals surface area contributed by atoms with E-state index in [0.29, 0.717) is 17.0 Å². The van der Waals surface area contributed by atoms with E-state index < -0.39 is 0 Å². The van der Waals surface area contributed by atoms with Gasteiger partial charge in [0.05, 0.1) is 5.69 Å². The number of rotatable bonds is 1. The van der Waals surface area contributed by atoms with E-state index in [-0.39, 0.29) is 18.3 Å². The Bertz CT molecular complexity index is 442. The topological polar surface area (TPSA) is 79.4 Å². The predicted molar refractivity (Wildman–Crippen MR) is 56.4 cm³/mol. The molecule has 1 aromatic carbocycles. The number of likely N-dealkylation sites (N-methyl/N-ethyl adjacent to an activating group) is 1. The first kappa shape index (κ1) is 9.51. The van der Waals surface area contributed by atoms with Gasteiger partial charge in [-0.05, 0) is 18.2 Å². The van der Waals surface area contributed by atoms with Gasteiger partial charge in [0.15, 0.2) is 6.61 Å². The number of fused-ring (bicyclic) bond motifs is 1. The second-order valence-corrected chi connectivity index (χ2v) is 3.34. The monoisotopic (exact) mass is 205 g/mol. The Labute approximate surface area is 86.9 Å². The van der Waals surface area contributed by atoms with Gasteiger partial charge in [-0.1, -0.05) is 0 Å². The predicted octanol–water partition coefficient (Wildman–Crippen LogP) is 0.326. The summed E-state index contributed by atoms with van der Waals surface area (Å²) < 4.78 is 5.24. The molecule has 0 aliphatic carbocycles. The summed E-state index contributed by atoms with van der Waals surface area (Å²) in [5.41, 5.74) is 6.60. The molecule has 0 saturated carbocycles. The van der Waals surface area contributed by atoms with Crippen LogP contribution in [-0.4, -0.2) is 25.4 Å². The normalized spacial score (nSPS) is 14.5. The van der Waals surface area contributed by atoms with Crippen molar-refractivity contribution in [2.24, 2.45) is 5.73 Å². The Morgan fingerprint density at radius 3 is 3.00 bits per heavy atom. The Balaban J connectivity index is 2.50. The first-order valence-electron chi connectivity index (χ1n) is 4.47. The molecule has 5 heteroatoms. The number of ether oxygens (including phenoxy) is 1. The molecule has 0 unspecified atom stereocenters. The maximum absolute atomic E-state index is 11.4. The van der Waals surface area contributed by atoms with Crippen LogP contribution in [0, 0.1) is 5.41 Å². The summed E-state index contributed by atoms with van der Waals surface area (Å²) in [4.78, 5) is 12.9. The van der Waals surface area contributed by atoms with E-state index in [2.05, 4.69) is 0 Å². The van der Waals surface area contributed by atoms with E-state index in [9.17, 15) is 4.79 Å². The standard InChI is InChI=1S/C10H11N3O2/c1-13-7-4-6(10(11)12)2-3-8(7)15-5-9(13)14/h2-4H,5H2,1H3,(H3,11,12). The van der Waals surface area contributed by atoms with Crippen LogP contribution >= 0.6 is 0 Å². The average molecular weight is 205 g/mol. The third-order valence-electron chi connectivity index (χ3n) is 2.36. The molecule has 78 valence electrons. The number of hydrogen-bond acceptors (Lipinski definition) is 3. The maximum atomic E-state index is 11.4. The number of nitrogen functional groups attached to an aromatic ring is 1. The molecule has 0 fully saturated rings. The molecule has 0 atom stereocenters. The number of amidine groups is 1. The lowest BCUT2D eigenvalue weighted by molar-refractivity contribution is -0.120. The number of carbonyl (C=O) groups is 1. The summed E-state index contributed by atoms with van der Waals surface area (Å²) in [5, 5.41) is 7.30. The SMILES string of the molecule is CN1C(=O)COc2ccc(C(=N)N)cc21. The van der Waals surface area contributed by atoms with Crippen molar-refractivity contribution in [2.75, 3.05) is 18.6 Å². The van der Waals surface area contributed by atoms with Gasteiger partial charge in [0.25, 0.3) is 5.91 Å². The summed E-state index contributed by atoms with van der Waals surface area (Å²) in [6.07, 6.45) is 0. The van der Waals surface area contributed by atoms with E-state index >= 15 is 0 Å². The van der Waals surface area contributed by atoms with Crippen molar-refractivity contribution in [3.8, 4) is 5.75 Å². The van der Waals surface area contributed by atoms with Crippen LogP contribution in [0.3, 0.4) is 0 Å². The number of nitrogens with zero attached hydrogens (tertiary/aromatic N) is 1. The lowest BCUT2D eigenvalue weighted by Crippen LogP contribution is -2.35. The van der Waals surface area contributed by atoms with E-state index in [0.717, 1.165) is 0 Å². The molecular weight excluding hydrogens is 194 g/mol. The van der Waals surface area contributed by atoms with Crippen molar-refractivity contribution in [1.29, 1.82) is 5.41 Å². The molecule has 1 heterocycles. The molecule has 1 amide bonds. The van der Waals surface area contributed by atoms with Crippen molar-refractivity contribution in [3.63, 3.8) is 0 Å². The summed E-state index contributed by atoms with van der Waals surface area (Å²) in [5.74, 6) is 0.509. The number of anilines is 1. The number of amides is 1. The summed E-state index contributed by atoms with van der Waals surface area (Å²) in [6.45, 7) is 0.0585. The van der Waals surface area contributed by atoms with Gasteiger partial charge in [0, 0.05) is 12.6 Å². The van der Waals surface area contributed by atoms with Gasteiger partial charge in [0.2, 0.25) is 0 Å². The Hall–Kier alpha value is -2.04. The third kappa shape index (κ3) is 1.52. The van der Waals surface area contributed by atoms with E-state index in [1.165, 1.54) is 4.90 Å². The van der Waals surface area contributed by atoms with Crippen LogP contribution in [0.4, 0.5) is 5.69 Å². The molecule has 15 heavy (non-hydrogen) atoms. The van der Waals surface area contributed by atoms with Gasteiger partial charge < -0.3 is 15.4 Å². The highest BCUT2D eigenvalue weighted by Gasteiger charge is 2.22. The number of benzene rings is 1. The summed E-state index contributed by atoms with van der Waals surface area (Å²) in [6, 6.07) is 5.09. The number of carbonyl (C=O) groups excluding carboxylic acids is 1. The molecule has 0 bridgehead atoms. The van der Waals surface area contributed by atoms with Crippen molar-refractivity contribution < 1.29 is 9.53 Å². The molecule has 1 aromatic rings. The van der Waals surface area contributed by atoms with Crippen LogP contribution in [0.15, 0.2) is 18.2 Å². The second kappa shape index (κ2) is 3.27. The summed E-state index contributed by atoms with van der Waals surface area (Å²) >= 11 is 0. The zero-order valence-electron chi connectivity index (χ0n) is 8.28. The Kier molecular flexibility index (Phi) is 2.07. The van der Waals surface area contributed by atoms with Crippen molar-refractivity contribution in [1.82, 2.24) is 0 Å². The minimum Gasteiger partial charge on any atom is -0.482 e. The van der Waals surface area contributed by atoms with Crippen molar-refractivity contribution in [2.45, 2.75) is 0 Å². The molecule has 3 N–H and O–H groups in total. The zero-order chi connectivity index (χ0) is 11.0. The van der Waals surface area contributed by atoms with Crippen LogP contribution in [0.2, 0.25) is 0 Å². The van der Waals surface area contributed by atoms with Crippen LogP contribution in [0.25, 0.3) is 0 Å².